The zero-order valence-corrected chi connectivity index (χ0v) is 17.0. The van der Waals surface area contributed by atoms with Crippen molar-refractivity contribution >= 4 is 24.4 Å². The van der Waals surface area contributed by atoms with Gasteiger partial charge in [-0.05, 0) is 43.2 Å². The highest BCUT2D eigenvalue weighted by molar-refractivity contribution is 7.76. The minimum Gasteiger partial charge on any atom is -0.478 e. The molecule has 27 heavy (non-hydrogen) atoms. The lowest BCUT2D eigenvalue weighted by molar-refractivity contribution is 0.289. The van der Waals surface area contributed by atoms with Crippen LogP contribution in [0.15, 0.2) is 65.7 Å². The molecule has 0 unspecified atom stereocenters. The summed E-state index contributed by atoms with van der Waals surface area (Å²) in [6, 6.07) is 21.9. The van der Waals surface area contributed by atoms with Gasteiger partial charge in [-0.3, -0.25) is 0 Å². The van der Waals surface area contributed by atoms with E-state index < -0.39 is 7.92 Å². The molecular formula is C24H25NOP. The largest absolute Gasteiger partial charge is 0.478 e. The van der Waals surface area contributed by atoms with Gasteiger partial charge in [0.2, 0.25) is 0 Å². The van der Waals surface area contributed by atoms with E-state index in [0.717, 1.165) is 11.8 Å². The quantitative estimate of drug-likeness (QED) is 0.696. The molecule has 0 N–H and O–H groups in total. The Morgan fingerprint density at radius 1 is 0.926 bits per heavy atom. The Bertz CT molecular complexity index is 734. The fraction of sp³-hybridized carbons (Fsp3) is 0.250. The summed E-state index contributed by atoms with van der Waals surface area (Å²) in [5.74, 6) is 3.73. The minimum atomic E-state index is -0.652. The van der Waals surface area contributed by atoms with Crippen LogP contribution in [0.1, 0.15) is 20.8 Å². The summed E-state index contributed by atoms with van der Waals surface area (Å²) in [5, 5.41) is 2.70. The molecule has 0 amide bonds. The number of nitrogens with zero attached hydrogens (tertiary/aromatic N) is 1. The maximum Gasteiger partial charge on any atom is 0.192 e. The molecule has 2 aromatic carbocycles. The number of ether oxygens (including phenoxy) is 1. The SMILES string of the molecule is C[C]1[CH][C](C2=N[C@@H](C(C)C)CO2)[C](P(c2ccccc2)c2ccccc2)[CH]1. The first kappa shape index (κ1) is 18.7. The van der Waals surface area contributed by atoms with Crippen LogP contribution in [-0.4, -0.2) is 18.5 Å². The second-order valence-electron chi connectivity index (χ2n) is 7.39. The van der Waals surface area contributed by atoms with Crippen molar-refractivity contribution in [3.05, 3.63) is 91.0 Å². The van der Waals surface area contributed by atoms with Gasteiger partial charge in [-0.15, -0.1) is 0 Å². The van der Waals surface area contributed by atoms with E-state index in [2.05, 4.69) is 94.3 Å². The molecule has 1 aliphatic carbocycles. The van der Waals surface area contributed by atoms with Gasteiger partial charge in [0.15, 0.2) is 5.90 Å². The Morgan fingerprint density at radius 2 is 1.52 bits per heavy atom. The first-order valence-electron chi connectivity index (χ1n) is 9.52. The van der Waals surface area contributed by atoms with E-state index in [0.29, 0.717) is 12.5 Å². The Morgan fingerprint density at radius 3 is 2.04 bits per heavy atom. The highest BCUT2D eigenvalue weighted by Gasteiger charge is 2.45. The van der Waals surface area contributed by atoms with Gasteiger partial charge < -0.3 is 4.74 Å². The van der Waals surface area contributed by atoms with Crippen LogP contribution in [0, 0.1) is 36.3 Å². The fourth-order valence-corrected chi connectivity index (χ4v) is 5.98. The molecule has 0 bridgehead atoms. The Hall–Kier alpha value is -1.66. The summed E-state index contributed by atoms with van der Waals surface area (Å²) in [5.41, 5.74) is 1.34. The zero-order chi connectivity index (χ0) is 18.8. The summed E-state index contributed by atoms with van der Waals surface area (Å²) in [6.07, 6.45) is 4.55. The Labute approximate surface area is 164 Å². The molecule has 137 valence electrons. The van der Waals surface area contributed by atoms with Crippen molar-refractivity contribution < 1.29 is 4.74 Å². The van der Waals surface area contributed by atoms with E-state index >= 15 is 0 Å². The zero-order valence-electron chi connectivity index (χ0n) is 16.1. The molecule has 2 aliphatic rings. The van der Waals surface area contributed by atoms with Gasteiger partial charge in [0.05, 0.1) is 12.0 Å². The van der Waals surface area contributed by atoms with Gasteiger partial charge in [0, 0.05) is 5.66 Å². The maximum absolute atomic E-state index is 6.05. The van der Waals surface area contributed by atoms with Crippen molar-refractivity contribution in [2.75, 3.05) is 6.61 Å². The van der Waals surface area contributed by atoms with Crippen molar-refractivity contribution in [2.45, 2.75) is 26.8 Å². The summed E-state index contributed by atoms with van der Waals surface area (Å²) in [4.78, 5) is 4.91. The third-order valence-corrected chi connectivity index (χ3v) is 7.44. The van der Waals surface area contributed by atoms with Crippen LogP contribution in [0.3, 0.4) is 0 Å². The Balaban J connectivity index is 1.71. The molecule has 5 radical (unpaired) electrons. The number of benzene rings is 2. The van der Waals surface area contributed by atoms with E-state index in [4.69, 9.17) is 9.73 Å². The molecule has 1 heterocycles. The van der Waals surface area contributed by atoms with Crippen molar-refractivity contribution in [2.24, 2.45) is 10.9 Å². The highest BCUT2D eigenvalue weighted by atomic mass is 31.1. The topological polar surface area (TPSA) is 21.6 Å². The molecule has 3 heteroatoms. The van der Waals surface area contributed by atoms with E-state index in [9.17, 15) is 0 Å². The molecule has 1 atom stereocenters. The number of aliphatic imine (C=N–C) groups is 1. The molecule has 1 fully saturated rings. The van der Waals surface area contributed by atoms with Gasteiger partial charge in [0.25, 0.3) is 0 Å². The highest BCUT2D eigenvalue weighted by Crippen LogP contribution is 2.58. The Kier molecular flexibility index (Phi) is 5.64. The molecule has 2 nitrogen and oxygen atoms in total. The van der Waals surface area contributed by atoms with Gasteiger partial charge in [-0.25, -0.2) is 4.99 Å². The molecule has 0 saturated heterocycles. The van der Waals surface area contributed by atoms with Gasteiger partial charge in [-0.1, -0.05) is 81.4 Å². The van der Waals surface area contributed by atoms with Crippen LogP contribution < -0.4 is 10.6 Å². The first-order chi connectivity index (χ1) is 13.1. The summed E-state index contributed by atoms with van der Waals surface area (Å²) >= 11 is 0. The smallest absolute Gasteiger partial charge is 0.192 e. The van der Waals surface area contributed by atoms with Crippen molar-refractivity contribution in [3.8, 4) is 0 Å². The second-order valence-corrected chi connectivity index (χ2v) is 9.58. The van der Waals surface area contributed by atoms with Crippen molar-refractivity contribution in [1.29, 1.82) is 0 Å². The molecule has 4 rings (SSSR count). The van der Waals surface area contributed by atoms with Crippen molar-refractivity contribution in [3.63, 3.8) is 0 Å². The van der Waals surface area contributed by atoms with Crippen LogP contribution >= 0.6 is 7.92 Å². The predicted octanol–water partition coefficient (Wildman–Crippen LogP) is 4.70. The van der Waals surface area contributed by atoms with Crippen LogP contribution in [-0.2, 0) is 4.74 Å². The minimum absolute atomic E-state index is 0.253. The lowest BCUT2D eigenvalue weighted by Gasteiger charge is -2.28. The van der Waals surface area contributed by atoms with Crippen molar-refractivity contribution in [1.82, 2.24) is 0 Å². The number of hydrogen-bond acceptors (Lipinski definition) is 2. The molecule has 1 saturated carbocycles. The van der Waals surface area contributed by atoms with Gasteiger partial charge >= 0.3 is 0 Å². The van der Waals surface area contributed by atoms with E-state index in [1.54, 1.807) is 0 Å². The first-order valence-corrected chi connectivity index (χ1v) is 10.9. The lowest BCUT2D eigenvalue weighted by atomic mass is 10.1. The lowest BCUT2D eigenvalue weighted by Crippen LogP contribution is -2.23. The van der Waals surface area contributed by atoms with Crippen LogP contribution in [0.4, 0.5) is 0 Å². The third kappa shape index (κ3) is 3.97. The number of hydrogen-bond donors (Lipinski definition) is 0. The van der Waals surface area contributed by atoms with E-state index in [1.165, 1.54) is 22.2 Å². The molecule has 1 aliphatic heterocycles. The van der Waals surface area contributed by atoms with Gasteiger partial charge in [0.1, 0.15) is 6.61 Å². The average molecular weight is 374 g/mol. The maximum atomic E-state index is 6.05. The molecule has 0 spiro atoms. The summed E-state index contributed by atoms with van der Waals surface area (Å²) in [7, 11) is -0.652. The molecular weight excluding hydrogens is 349 g/mol. The predicted molar refractivity (Wildman–Crippen MR) is 115 cm³/mol. The third-order valence-electron chi connectivity index (χ3n) is 4.96. The van der Waals surface area contributed by atoms with Crippen LogP contribution in [0.2, 0.25) is 0 Å². The average Bonchev–Trinajstić information content (AvgIpc) is 3.31. The fourth-order valence-electron chi connectivity index (χ4n) is 3.45. The number of rotatable bonds is 5. The summed E-state index contributed by atoms with van der Waals surface area (Å²) in [6.45, 7) is 7.26. The van der Waals surface area contributed by atoms with E-state index in [-0.39, 0.29) is 6.04 Å². The van der Waals surface area contributed by atoms with E-state index in [1.807, 2.05) is 0 Å². The monoisotopic (exact) mass is 374 g/mol. The summed E-state index contributed by atoms with van der Waals surface area (Å²) < 4.78 is 6.05. The van der Waals surface area contributed by atoms with Gasteiger partial charge in [-0.2, -0.15) is 0 Å². The molecule has 2 aromatic rings. The van der Waals surface area contributed by atoms with Crippen LogP contribution in [0.25, 0.3) is 0 Å². The van der Waals surface area contributed by atoms with Crippen LogP contribution in [0.5, 0.6) is 0 Å². The molecule has 0 aromatic heterocycles. The second kappa shape index (κ2) is 8.15. The standard InChI is InChI=1S/C24H25NOP/c1-17(2)22-16-26-24(25-22)21-14-18(3)15-23(21)27(19-10-6-4-7-11-19)20-12-8-5-9-13-20/h4-15,17,22H,16H2,1-3H3/t22-/m1/s1. The normalized spacial score (nSPS) is 21.8.